The largest absolute Gasteiger partial charge is 0.480 e. The summed E-state index contributed by atoms with van der Waals surface area (Å²) in [6.45, 7) is 3.00. The number of hydrogen-bond donors (Lipinski definition) is 2. The number of rotatable bonds is 6. The van der Waals surface area contributed by atoms with Gasteiger partial charge in [-0.3, -0.25) is 4.79 Å². The molecular formula is C14H24N2O5. The first kappa shape index (κ1) is 16.2. The van der Waals surface area contributed by atoms with Gasteiger partial charge in [-0.1, -0.05) is 0 Å². The van der Waals surface area contributed by atoms with Crippen molar-refractivity contribution in [2.24, 2.45) is 0 Å². The number of carbonyl (C=O) groups excluding carboxylic acids is 1. The summed E-state index contributed by atoms with van der Waals surface area (Å²) in [4.78, 5) is 24.3. The minimum Gasteiger partial charge on any atom is -0.480 e. The van der Waals surface area contributed by atoms with E-state index in [9.17, 15) is 9.59 Å². The summed E-state index contributed by atoms with van der Waals surface area (Å²) in [7, 11) is 0. The Kier molecular flexibility index (Phi) is 6.41. The van der Waals surface area contributed by atoms with Crippen LogP contribution in [0.4, 0.5) is 0 Å². The molecule has 21 heavy (non-hydrogen) atoms. The number of piperidine rings is 2. The summed E-state index contributed by atoms with van der Waals surface area (Å²) in [5.74, 6) is -0.936. The lowest BCUT2D eigenvalue weighted by molar-refractivity contribution is -0.148. The second-order valence-electron chi connectivity index (χ2n) is 5.55. The van der Waals surface area contributed by atoms with Crippen LogP contribution in [-0.4, -0.2) is 73.5 Å². The molecule has 2 saturated heterocycles. The number of aliphatic carboxylic acids is 1. The van der Waals surface area contributed by atoms with Gasteiger partial charge in [-0.05, 0) is 38.8 Å². The van der Waals surface area contributed by atoms with E-state index in [4.69, 9.17) is 14.6 Å². The van der Waals surface area contributed by atoms with Gasteiger partial charge in [0.15, 0.2) is 0 Å². The van der Waals surface area contributed by atoms with Crippen molar-refractivity contribution in [1.82, 2.24) is 10.2 Å². The topological polar surface area (TPSA) is 88.1 Å². The number of amides is 1. The van der Waals surface area contributed by atoms with E-state index in [2.05, 4.69) is 5.32 Å². The zero-order valence-corrected chi connectivity index (χ0v) is 12.3. The van der Waals surface area contributed by atoms with Crippen molar-refractivity contribution in [1.29, 1.82) is 0 Å². The fraction of sp³-hybridized carbons (Fsp3) is 0.857. The highest BCUT2D eigenvalue weighted by Crippen LogP contribution is 2.14. The number of carbonyl (C=O) groups is 2. The molecule has 0 saturated carbocycles. The highest BCUT2D eigenvalue weighted by molar-refractivity contribution is 5.77. The molecule has 2 heterocycles. The molecule has 2 aliphatic rings. The molecule has 120 valence electrons. The van der Waals surface area contributed by atoms with E-state index >= 15 is 0 Å². The van der Waals surface area contributed by atoms with E-state index in [1.54, 1.807) is 4.90 Å². The van der Waals surface area contributed by atoms with Crippen LogP contribution in [0.2, 0.25) is 0 Å². The fourth-order valence-corrected chi connectivity index (χ4v) is 2.70. The lowest BCUT2D eigenvalue weighted by atomic mass is 10.1. The molecule has 0 radical (unpaired) electrons. The first-order valence-corrected chi connectivity index (χ1v) is 7.58. The van der Waals surface area contributed by atoms with E-state index in [0.717, 1.165) is 25.9 Å². The van der Waals surface area contributed by atoms with Crippen LogP contribution in [0.1, 0.15) is 25.7 Å². The number of carboxylic acids is 1. The summed E-state index contributed by atoms with van der Waals surface area (Å²) >= 11 is 0. The second-order valence-corrected chi connectivity index (χ2v) is 5.55. The maximum atomic E-state index is 12.1. The third-order valence-corrected chi connectivity index (χ3v) is 3.97. The van der Waals surface area contributed by atoms with E-state index in [-0.39, 0.29) is 31.3 Å². The van der Waals surface area contributed by atoms with Crippen molar-refractivity contribution >= 4 is 11.9 Å². The Morgan fingerprint density at radius 1 is 1.00 bits per heavy atom. The van der Waals surface area contributed by atoms with Crippen molar-refractivity contribution in [2.45, 2.75) is 37.9 Å². The molecule has 0 aliphatic carbocycles. The van der Waals surface area contributed by atoms with E-state index in [1.165, 1.54) is 0 Å². The number of likely N-dealkylation sites (tertiary alicyclic amines) is 1. The average Bonchev–Trinajstić information content (AvgIpc) is 2.52. The van der Waals surface area contributed by atoms with Crippen LogP contribution in [0.15, 0.2) is 0 Å². The molecule has 0 aromatic heterocycles. The van der Waals surface area contributed by atoms with Crippen LogP contribution in [0, 0.1) is 0 Å². The third kappa shape index (κ3) is 5.61. The first-order chi connectivity index (χ1) is 10.1. The summed E-state index contributed by atoms with van der Waals surface area (Å²) in [6, 6.07) is 0. The zero-order chi connectivity index (χ0) is 15.1. The number of ether oxygens (including phenoxy) is 2. The van der Waals surface area contributed by atoms with Gasteiger partial charge in [-0.15, -0.1) is 0 Å². The molecule has 7 heteroatoms. The molecule has 2 N–H and O–H groups in total. The van der Waals surface area contributed by atoms with Gasteiger partial charge in [0, 0.05) is 13.1 Å². The van der Waals surface area contributed by atoms with Gasteiger partial charge < -0.3 is 24.8 Å². The molecule has 0 aromatic rings. The van der Waals surface area contributed by atoms with E-state index < -0.39 is 5.97 Å². The van der Waals surface area contributed by atoms with Gasteiger partial charge in [0.05, 0.1) is 12.2 Å². The SMILES string of the molecule is O=C(O)COC1CCN(C(=O)COC2CCNCC2)CC1. The summed E-state index contributed by atoms with van der Waals surface area (Å²) in [5, 5.41) is 11.8. The Morgan fingerprint density at radius 3 is 2.19 bits per heavy atom. The van der Waals surface area contributed by atoms with Crippen molar-refractivity contribution in [2.75, 3.05) is 39.4 Å². The van der Waals surface area contributed by atoms with Crippen molar-refractivity contribution in [3.63, 3.8) is 0 Å². The Balaban J connectivity index is 1.62. The van der Waals surface area contributed by atoms with Crippen LogP contribution < -0.4 is 5.32 Å². The van der Waals surface area contributed by atoms with Crippen molar-refractivity contribution in [3.05, 3.63) is 0 Å². The molecule has 2 aliphatic heterocycles. The Hall–Kier alpha value is -1.18. The molecule has 7 nitrogen and oxygen atoms in total. The Morgan fingerprint density at radius 2 is 1.57 bits per heavy atom. The minimum atomic E-state index is -0.955. The molecule has 2 fully saturated rings. The van der Waals surface area contributed by atoms with Gasteiger partial charge >= 0.3 is 5.97 Å². The highest BCUT2D eigenvalue weighted by atomic mass is 16.5. The Bertz CT molecular complexity index is 349. The lowest BCUT2D eigenvalue weighted by Crippen LogP contribution is -2.43. The van der Waals surface area contributed by atoms with E-state index in [1.807, 2.05) is 0 Å². The van der Waals surface area contributed by atoms with Gasteiger partial charge in [0.25, 0.3) is 0 Å². The van der Waals surface area contributed by atoms with Crippen molar-refractivity contribution < 1.29 is 24.2 Å². The number of hydrogen-bond acceptors (Lipinski definition) is 5. The number of nitrogens with zero attached hydrogens (tertiary/aromatic N) is 1. The smallest absolute Gasteiger partial charge is 0.329 e. The van der Waals surface area contributed by atoms with Gasteiger partial charge in [-0.2, -0.15) is 0 Å². The third-order valence-electron chi connectivity index (χ3n) is 3.97. The summed E-state index contributed by atoms with van der Waals surface area (Å²) < 4.78 is 10.9. The summed E-state index contributed by atoms with van der Waals surface area (Å²) in [5.41, 5.74) is 0. The maximum Gasteiger partial charge on any atom is 0.329 e. The normalized spacial score (nSPS) is 21.4. The second kappa shape index (κ2) is 8.31. The molecule has 0 spiro atoms. The zero-order valence-electron chi connectivity index (χ0n) is 12.3. The first-order valence-electron chi connectivity index (χ1n) is 7.58. The van der Waals surface area contributed by atoms with Crippen LogP contribution >= 0.6 is 0 Å². The quantitative estimate of drug-likeness (QED) is 0.709. The molecule has 0 bridgehead atoms. The van der Waals surface area contributed by atoms with Crippen LogP contribution in [0.3, 0.4) is 0 Å². The molecule has 0 unspecified atom stereocenters. The van der Waals surface area contributed by atoms with E-state index in [0.29, 0.717) is 25.9 Å². The standard InChI is InChI=1S/C14H24N2O5/c17-13(9-20-11-1-5-15-6-2-11)16-7-3-12(4-8-16)21-10-14(18)19/h11-12,15H,1-10H2,(H,18,19). The predicted molar refractivity (Wildman–Crippen MR) is 75.0 cm³/mol. The van der Waals surface area contributed by atoms with Crippen molar-refractivity contribution in [3.8, 4) is 0 Å². The molecular weight excluding hydrogens is 276 g/mol. The van der Waals surface area contributed by atoms with Crippen LogP contribution in [-0.2, 0) is 19.1 Å². The molecule has 1 amide bonds. The van der Waals surface area contributed by atoms with Gasteiger partial charge in [0.1, 0.15) is 13.2 Å². The minimum absolute atomic E-state index is 0.0187. The lowest BCUT2D eigenvalue weighted by Gasteiger charge is -2.32. The summed E-state index contributed by atoms with van der Waals surface area (Å²) in [6.07, 6.45) is 3.41. The van der Waals surface area contributed by atoms with Crippen LogP contribution in [0.5, 0.6) is 0 Å². The molecule has 0 atom stereocenters. The van der Waals surface area contributed by atoms with Gasteiger partial charge in [0.2, 0.25) is 5.91 Å². The molecule has 0 aromatic carbocycles. The maximum absolute atomic E-state index is 12.1. The monoisotopic (exact) mass is 300 g/mol. The van der Waals surface area contributed by atoms with Crippen LogP contribution in [0.25, 0.3) is 0 Å². The predicted octanol–water partition coefficient (Wildman–Crippen LogP) is -0.153. The average molecular weight is 300 g/mol. The fourth-order valence-electron chi connectivity index (χ4n) is 2.70. The Labute approximate surface area is 124 Å². The molecule has 2 rings (SSSR count). The van der Waals surface area contributed by atoms with Gasteiger partial charge in [-0.25, -0.2) is 4.79 Å². The number of carboxylic acid groups (broad SMARTS) is 1. The highest BCUT2D eigenvalue weighted by Gasteiger charge is 2.24. The number of nitrogens with one attached hydrogen (secondary N) is 1.